The van der Waals surface area contributed by atoms with Crippen LogP contribution in [0, 0.1) is 3.57 Å². The van der Waals surface area contributed by atoms with Gasteiger partial charge in [0.15, 0.2) is 0 Å². The van der Waals surface area contributed by atoms with Gasteiger partial charge in [0, 0.05) is 24.2 Å². The first-order valence-corrected chi connectivity index (χ1v) is 8.17. The SMILES string of the molecule is Clc1c(CNc2ccc(I)cc2)sc2ccccc12. The van der Waals surface area contributed by atoms with Gasteiger partial charge in [0.25, 0.3) is 0 Å². The van der Waals surface area contributed by atoms with Crippen LogP contribution in [-0.4, -0.2) is 0 Å². The Balaban J connectivity index is 1.82. The average molecular weight is 400 g/mol. The van der Waals surface area contributed by atoms with Crippen LogP contribution in [0.3, 0.4) is 0 Å². The number of fused-ring (bicyclic) bond motifs is 1. The van der Waals surface area contributed by atoms with Crippen LogP contribution >= 0.6 is 45.5 Å². The summed E-state index contributed by atoms with van der Waals surface area (Å²) in [6, 6.07) is 16.6. The highest BCUT2D eigenvalue weighted by Gasteiger charge is 2.09. The van der Waals surface area contributed by atoms with Gasteiger partial charge in [0.2, 0.25) is 0 Å². The van der Waals surface area contributed by atoms with Crippen LogP contribution < -0.4 is 5.32 Å². The number of thiophene rings is 1. The van der Waals surface area contributed by atoms with E-state index in [0.717, 1.165) is 22.6 Å². The molecule has 0 aliphatic heterocycles. The van der Waals surface area contributed by atoms with Crippen molar-refractivity contribution in [2.24, 2.45) is 0 Å². The summed E-state index contributed by atoms with van der Waals surface area (Å²) in [5.74, 6) is 0. The van der Waals surface area contributed by atoms with Crippen molar-refractivity contribution in [3.8, 4) is 0 Å². The maximum Gasteiger partial charge on any atom is 0.0642 e. The molecule has 3 aromatic rings. The lowest BCUT2D eigenvalue weighted by Gasteiger charge is -2.05. The van der Waals surface area contributed by atoms with E-state index in [2.05, 4.69) is 64.3 Å². The molecule has 1 nitrogen and oxygen atoms in total. The van der Waals surface area contributed by atoms with Crippen molar-refractivity contribution in [1.29, 1.82) is 0 Å². The second-order valence-electron chi connectivity index (χ2n) is 4.20. The van der Waals surface area contributed by atoms with E-state index in [9.17, 15) is 0 Å². The van der Waals surface area contributed by atoms with Gasteiger partial charge in [-0.15, -0.1) is 11.3 Å². The highest BCUT2D eigenvalue weighted by atomic mass is 127. The number of anilines is 1. The lowest BCUT2D eigenvalue weighted by atomic mass is 10.2. The molecule has 0 saturated heterocycles. The number of benzene rings is 2. The first-order chi connectivity index (χ1) is 9.24. The van der Waals surface area contributed by atoms with E-state index in [4.69, 9.17) is 11.6 Å². The van der Waals surface area contributed by atoms with E-state index < -0.39 is 0 Å². The second kappa shape index (κ2) is 5.69. The van der Waals surface area contributed by atoms with Crippen LogP contribution in [0.2, 0.25) is 5.02 Å². The number of hydrogen-bond acceptors (Lipinski definition) is 2. The Hall–Kier alpha value is -0.780. The van der Waals surface area contributed by atoms with E-state index in [-0.39, 0.29) is 0 Å². The molecule has 0 radical (unpaired) electrons. The van der Waals surface area contributed by atoms with Crippen LogP contribution in [0.1, 0.15) is 4.88 Å². The number of halogens is 2. The topological polar surface area (TPSA) is 12.0 Å². The largest absolute Gasteiger partial charge is 0.380 e. The maximum atomic E-state index is 6.42. The summed E-state index contributed by atoms with van der Waals surface area (Å²) in [5.41, 5.74) is 1.12. The molecule has 0 unspecified atom stereocenters. The molecule has 0 amide bonds. The fourth-order valence-corrected chi connectivity index (χ4v) is 3.73. The van der Waals surface area contributed by atoms with Crippen molar-refractivity contribution in [1.82, 2.24) is 0 Å². The van der Waals surface area contributed by atoms with Gasteiger partial charge in [-0.3, -0.25) is 0 Å². The molecular formula is C15H11ClINS. The van der Waals surface area contributed by atoms with Gasteiger partial charge in [-0.05, 0) is 52.9 Å². The molecule has 0 aliphatic rings. The van der Waals surface area contributed by atoms with E-state index in [1.165, 1.54) is 13.1 Å². The normalized spacial score (nSPS) is 10.8. The van der Waals surface area contributed by atoms with Crippen LogP contribution in [0.25, 0.3) is 10.1 Å². The highest BCUT2D eigenvalue weighted by molar-refractivity contribution is 14.1. The summed E-state index contributed by atoms with van der Waals surface area (Å²) in [6.07, 6.45) is 0. The summed E-state index contributed by atoms with van der Waals surface area (Å²) < 4.78 is 2.48. The molecule has 2 aromatic carbocycles. The Morgan fingerprint density at radius 3 is 2.53 bits per heavy atom. The van der Waals surface area contributed by atoms with Crippen molar-refractivity contribution >= 4 is 61.3 Å². The molecule has 1 aromatic heterocycles. The first kappa shape index (κ1) is 13.2. The van der Waals surface area contributed by atoms with Crippen molar-refractivity contribution in [2.75, 3.05) is 5.32 Å². The third-order valence-corrected chi connectivity index (χ3v) is 5.33. The lowest BCUT2D eigenvalue weighted by Crippen LogP contribution is -1.97. The molecule has 96 valence electrons. The van der Waals surface area contributed by atoms with Crippen LogP contribution in [0.5, 0.6) is 0 Å². The molecule has 19 heavy (non-hydrogen) atoms. The minimum atomic E-state index is 0.763. The standard InChI is InChI=1S/C15H11ClINS/c16-15-12-3-1-2-4-13(12)19-14(15)9-18-11-7-5-10(17)6-8-11/h1-8,18H,9H2. The fraction of sp³-hybridized carbons (Fsp3) is 0.0667. The summed E-state index contributed by atoms with van der Waals surface area (Å²) in [7, 11) is 0. The Labute approximate surface area is 134 Å². The minimum absolute atomic E-state index is 0.763. The van der Waals surface area contributed by atoms with Crippen molar-refractivity contribution < 1.29 is 0 Å². The zero-order valence-corrected chi connectivity index (χ0v) is 13.7. The molecule has 0 fully saturated rings. The highest BCUT2D eigenvalue weighted by Crippen LogP contribution is 2.35. The van der Waals surface area contributed by atoms with E-state index in [0.29, 0.717) is 0 Å². The van der Waals surface area contributed by atoms with E-state index in [1.54, 1.807) is 11.3 Å². The monoisotopic (exact) mass is 399 g/mol. The maximum absolute atomic E-state index is 6.42. The zero-order chi connectivity index (χ0) is 13.2. The Kier molecular flexibility index (Phi) is 3.96. The second-order valence-corrected chi connectivity index (χ2v) is 6.96. The number of rotatable bonds is 3. The smallest absolute Gasteiger partial charge is 0.0642 e. The van der Waals surface area contributed by atoms with Crippen LogP contribution in [0.4, 0.5) is 5.69 Å². The summed E-state index contributed by atoms with van der Waals surface area (Å²) in [6.45, 7) is 0.763. The van der Waals surface area contributed by atoms with Crippen molar-refractivity contribution in [2.45, 2.75) is 6.54 Å². The molecule has 1 N–H and O–H groups in total. The summed E-state index contributed by atoms with van der Waals surface area (Å²) in [5, 5.41) is 5.43. The van der Waals surface area contributed by atoms with Gasteiger partial charge in [-0.2, -0.15) is 0 Å². The Morgan fingerprint density at radius 1 is 1.05 bits per heavy atom. The van der Waals surface area contributed by atoms with E-state index in [1.807, 2.05) is 12.1 Å². The lowest BCUT2D eigenvalue weighted by molar-refractivity contribution is 1.19. The molecule has 0 atom stereocenters. The molecule has 0 spiro atoms. The van der Waals surface area contributed by atoms with Crippen molar-refractivity contribution in [3.05, 3.63) is 62.0 Å². The van der Waals surface area contributed by atoms with Crippen LogP contribution in [0.15, 0.2) is 48.5 Å². The summed E-state index contributed by atoms with van der Waals surface area (Å²) in [4.78, 5) is 1.18. The Morgan fingerprint density at radius 2 is 1.79 bits per heavy atom. The molecule has 1 heterocycles. The van der Waals surface area contributed by atoms with Gasteiger partial charge in [0.05, 0.1) is 11.6 Å². The molecule has 0 aliphatic carbocycles. The van der Waals surface area contributed by atoms with Gasteiger partial charge in [0.1, 0.15) is 0 Å². The molecule has 0 bridgehead atoms. The zero-order valence-electron chi connectivity index (χ0n) is 9.99. The average Bonchev–Trinajstić information content (AvgIpc) is 2.76. The number of nitrogens with one attached hydrogen (secondary N) is 1. The first-order valence-electron chi connectivity index (χ1n) is 5.89. The molecular weight excluding hydrogens is 389 g/mol. The van der Waals surface area contributed by atoms with Gasteiger partial charge in [-0.1, -0.05) is 29.8 Å². The summed E-state index contributed by atoms with van der Waals surface area (Å²) >= 11 is 10.5. The molecule has 3 rings (SSSR count). The quantitative estimate of drug-likeness (QED) is 0.551. The third kappa shape index (κ3) is 2.88. The minimum Gasteiger partial charge on any atom is -0.380 e. The van der Waals surface area contributed by atoms with Gasteiger partial charge in [-0.25, -0.2) is 0 Å². The van der Waals surface area contributed by atoms with Crippen LogP contribution in [-0.2, 0) is 6.54 Å². The van der Waals surface area contributed by atoms with Gasteiger partial charge >= 0.3 is 0 Å². The predicted octanol–water partition coefficient (Wildman–Crippen LogP) is 5.77. The Bertz CT molecular complexity index is 706. The van der Waals surface area contributed by atoms with E-state index >= 15 is 0 Å². The number of hydrogen-bond donors (Lipinski definition) is 1. The third-order valence-electron chi connectivity index (χ3n) is 2.90. The molecule has 0 saturated carbocycles. The molecule has 4 heteroatoms. The fourth-order valence-electron chi connectivity index (χ4n) is 1.93. The van der Waals surface area contributed by atoms with Crippen molar-refractivity contribution in [3.63, 3.8) is 0 Å². The predicted molar refractivity (Wildman–Crippen MR) is 93.3 cm³/mol. The van der Waals surface area contributed by atoms with Gasteiger partial charge < -0.3 is 5.32 Å².